The predicted octanol–water partition coefficient (Wildman–Crippen LogP) is 3.78. The third kappa shape index (κ3) is 3.00. The van der Waals surface area contributed by atoms with Gasteiger partial charge in [0.1, 0.15) is 5.82 Å². The molecule has 21 heavy (non-hydrogen) atoms. The van der Waals surface area contributed by atoms with Gasteiger partial charge in [-0.1, -0.05) is 42.5 Å². The van der Waals surface area contributed by atoms with Gasteiger partial charge in [-0.3, -0.25) is 0 Å². The Hall–Kier alpha value is -2.88. The van der Waals surface area contributed by atoms with Crippen LogP contribution in [0.2, 0.25) is 0 Å². The molecule has 0 bridgehead atoms. The topological polar surface area (TPSA) is 63.8 Å². The number of benzene rings is 2. The number of nitrogens with two attached hydrogens (primary N) is 1. The highest BCUT2D eigenvalue weighted by Crippen LogP contribution is 2.23. The van der Waals surface area contributed by atoms with E-state index in [9.17, 15) is 0 Å². The Labute approximate surface area is 123 Å². The summed E-state index contributed by atoms with van der Waals surface area (Å²) < 4.78 is 0. The Balaban J connectivity index is 1.83. The summed E-state index contributed by atoms with van der Waals surface area (Å²) in [5.41, 5.74) is 9.92. The van der Waals surface area contributed by atoms with Gasteiger partial charge in [0.25, 0.3) is 0 Å². The summed E-state index contributed by atoms with van der Waals surface area (Å²) in [5, 5.41) is 3.26. The molecule has 4 nitrogen and oxygen atoms in total. The zero-order chi connectivity index (χ0) is 14.7. The van der Waals surface area contributed by atoms with Gasteiger partial charge in [0.2, 0.25) is 5.95 Å². The average Bonchev–Trinajstić information content (AvgIpc) is 2.53. The summed E-state index contributed by atoms with van der Waals surface area (Å²) in [5.74, 6) is 0.999. The maximum Gasteiger partial charge on any atom is 0.221 e. The molecule has 0 saturated heterocycles. The van der Waals surface area contributed by atoms with Crippen molar-refractivity contribution in [1.82, 2.24) is 9.97 Å². The minimum atomic E-state index is 0.268. The van der Waals surface area contributed by atoms with Crippen molar-refractivity contribution in [3.63, 3.8) is 0 Å². The Morgan fingerprint density at radius 1 is 0.905 bits per heavy atom. The lowest BCUT2D eigenvalue weighted by Gasteiger charge is -2.09. The molecule has 0 aliphatic carbocycles. The molecule has 0 spiro atoms. The summed E-state index contributed by atoms with van der Waals surface area (Å²) in [6.07, 6.45) is 1.71. The van der Waals surface area contributed by atoms with E-state index in [4.69, 9.17) is 5.73 Å². The standard InChI is InChI=1S/C17H16N4/c1-12-11-19-17(18)21-16(12)20-15-9-7-14(8-10-15)13-5-3-2-4-6-13/h2-11H,1H3,(H3,18,19,20,21). The second-order valence-corrected chi connectivity index (χ2v) is 4.83. The first-order chi connectivity index (χ1) is 10.2. The minimum absolute atomic E-state index is 0.268. The maximum atomic E-state index is 5.62. The highest BCUT2D eigenvalue weighted by molar-refractivity contribution is 5.68. The SMILES string of the molecule is Cc1cnc(N)nc1Nc1ccc(-c2ccccc2)cc1. The van der Waals surface area contributed by atoms with Crippen molar-refractivity contribution >= 4 is 17.5 Å². The Morgan fingerprint density at radius 2 is 1.57 bits per heavy atom. The number of nitrogen functional groups attached to an aromatic ring is 1. The van der Waals surface area contributed by atoms with E-state index in [0.717, 1.165) is 17.1 Å². The number of aromatic nitrogens is 2. The first-order valence-electron chi connectivity index (χ1n) is 6.74. The van der Waals surface area contributed by atoms with Crippen molar-refractivity contribution in [2.75, 3.05) is 11.1 Å². The third-order valence-corrected chi connectivity index (χ3v) is 3.25. The fourth-order valence-electron chi connectivity index (χ4n) is 2.10. The van der Waals surface area contributed by atoms with Gasteiger partial charge in [0.05, 0.1) is 0 Å². The van der Waals surface area contributed by atoms with Crippen LogP contribution < -0.4 is 11.1 Å². The molecule has 3 N–H and O–H groups in total. The lowest BCUT2D eigenvalue weighted by molar-refractivity contribution is 1.15. The molecule has 0 atom stereocenters. The Morgan fingerprint density at radius 3 is 2.29 bits per heavy atom. The molecule has 1 heterocycles. The minimum Gasteiger partial charge on any atom is -0.368 e. The number of anilines is 3. The quantitative estimate of drug-likeness (QED) is 0.764. The van der Waals surface area contributed by atoms with Gasteiger partial charge >= 0.3 is 0 Å². The zero-order valence-electron chi connectivity index (χ0n) is 11.7. The lowest BCUT2D eigenvalue weighted by Crippen LogP contribution is -2.01. The third-order valence-electron chi connectivity index (χ3n) is 3.25. The van der Waals surface area contributed by atoms with Gasteiger partial charge in [-0.05, 0) is 30.2 Å². The Bertz CT molecular complexity index is 736. The van der Waals surface area contributed by atoms with Crippen molar-refractivity contribution in [3.05, 3.63) is 66.4 Å². The molecule has 104 valence electrons. The van der Waals surface area contributed by atoms with Crippen LogP contribution in [0.5, 0.6) is 0 Å². The molecule has 4 heteroatoms. The van der Waals surface area contributed by atoms with E-state index < -0.39 is 0 Å². The number of nitrogens with one attached hydrogen (secondary N) is 1. The summed E-state index contributed by atoms with van der Waals surface area (Å²) in [4.78, 5) is 8.17. The van der Waals surface area contributed by atoms with Gasteiger partial charge in [0.15, 0.2) is 0 Å². The van der Waals surface area contributed by atoms with Crippen molar-refractivity contribution in [2.45, 2.75) is 6.92 Å². The first kappa shape index (κ1) is 13.1. The molecule has 0 aliphatic rings. The lowest BCUT2D eigenvalue weighted by atomic mass is 10.1. The number of hydrogen-bond donors (Lipinski definition) is 2. The summed E-state index contributed by atoms with van der Waals surface area (Å²) in [6.45, 7) is 1.94. The molecule has 0 aliphatic heterocycles. The van der Waals surface area contributed by atoms with E-state index >= 15 is 0 Å². The van der Waals surface area contributed by atoms with Crippen LogP contribution in [0.1, 0.15) is 5.56 Å². The monoisotopic (exact) mass is 276 g/mol. The second-order valence-electron chi connectivity index (χ2n) is 4.83. The second kappa shape index (κ2) is 5.63. The summed E-state index contributed by atoms with van der Waals surface area (Å²) >= 11 is 0. The number of rotatable bonds is 3. The average molecular weight is 276 g/mol. The highest BCUT2D eigenvalue weighted by Gasteiger charge is 2.03. The predicted molar refractivity (Wildman–Crippen MR) is 86.3 cm³/mol. The number of nitrogens with zero attached hydrogens (tertiary/aromatic N) is 2. The normalized spacial score (nSPS) is 10.3. The molecule has 0 amide bonds. The van der Waals surface area contributed by atoms with Gasteiger partial charge in [0, 0.05) is 17.4 Å². The van der Waals surface area contributed by atoms with Crippen molar-refractivity contribution in [3.8, 4) is 11.1 Å². The molecular weight excluding hydrogens is 260 g/mol. The van der Waals surface area contributed by atoms with Crippen LogP contribution in [-0.4, -0.2) is 9.97 Å². The van der Waals surface area contributed by atoms with E-state index in [1.54, 1.807) is 6.20 Å². The zero-order valence-corrected chi connectivity index (χ0v) is 11.7. The van der Waals surface area contributed by atoms with Crippen molar-refractivity contribution in [1.29, 1.82) is 0 Å². The van der Waals surface area contributed by atoms with Crippen LogP contribution >= 0.6 is 0 Å². The molecule has 1 aromatic heterocycles. The van der Waals surface area contributed by atoms with Crippen LogP contribution in [0.3, 0.4) is 0 Å². The van der Waals surface area contributed by atoms with E-state index in [1.165, 1.54) is 11.1 Å². The maximum absolute atomic E-state index is 5.62. The molecule has 0 radical (unpaired) electrons. The van der Waals surface area contributed by atoms with Crippen LogP contribution in [0.15, 0.2) is 60.8 Å². The Kier molecular flexibility index (Phi) is 3.51. The van der Waals surface area contributed by atoms with Gasteiger partial charge in [-0.15, -0.1) is 0 Å². The van der Waals surface area contributed by atoms with Crippen LogP contribution in [-0.2, 0) is 0 Å². The smallest absolute Gasteiger partial charge is 0.221 e. The number of aryl methyl sites for hydroxylation is 1. The van der Waals surface area contributed by atoms with Gasteiger partial charge in [-0.25, -0.2) is 4.98 Å². The number of hydrogen-bond acceptors (Lipinski definition) is 4. The molecule has 0 unspecified atom stereocenters. The van der Waals surface area contributed by atoms with Crippen LogP contribution in [0.4, 0.5) is 17.5 Å². The van der Waals surface area contributed by atoms with Crippen LogP contribution in [0.25, 0.3) is 11.1 Å². The fraction of sp³-hybridized carbons (Fsp3) is 0.0588. The van der Waals surface area contributed by atoms with E-state index in [-0.39, 0.29) is 5.95 Å². The van der Waals surface area contributed by atoms with Crippen molar-refractivity contribution < 1.29 is 0 Å². The first-order valence-corrected chi connectivity index (χ1v) is 6.74. The highest BCUT2D eigenvalue weighted by atomic mass is 15.1. The largest absolute Gasteiger partial charge is 0.368 e. The van der Waals surface area contributed by atoms with Crippen molar-refractivity contribution in [2.24, 2.45) is 0 Å². The summed E-state index contributed by atoms with van der Waals surface area (Å²) in [6, 6.07) is 18.5. The molecule has 0 fully saturated rings. The molecule has 3 rings (SSSR count). The van der Waals surface area contributed by atoms with Crippen LogP contribution in [0, 0.1) is 6.92 Å². The molecule has 2 aromatic carbocycles. The van der Waals surface area contributed by atoms with Gasteiger partial charge in [-0.2, -0.15) is 4.98 Å². The fourth-order valence-corrected chi connectivity index (χ4v) is 2.10. The molecule has 0 saturated carbocycles. The van der Waals surface area contributed by atoms with E-state index in [2.05, 4.69) is 39.6 Å². The van der Waals surface area contributed by atoms with Gasteiger partial charge < -0.3 is 11.1 Å². The van der Waals surface area contributed by atoms with E-state index in [0.29, 0.717) is 0 Å². The molecule has 3 aromatic rings. The van der Waals surface area contributed by atoms with E-state index in [1.807, 2.05) is 37.3 Å². The summed E-state index contributed by atoms with van der Waals surface area (Å²) in [7, 11) is 0. The molecular formula is C17H16N4.